The highest BCUT2D eigenvalue weighted by atomic mass is 16.6. The highest BCUT2D eigenvalue weighted by Gasteiger charge is 2.39. The Balaban J connectivity index is 1.94. The van der Waals surface area contributed by atoms with Crippen molar-refractivity contribution in [2.24, 2.45) is 11.1 Å². The number of nitrogens with zero attached hydrogens (tertiary/aromatic N) is 1. The van der Waals surface area contributed by atoms with Crippen LogP contribution in [-0.2, 0) is 9.57 Å². The van der Waals surface area contributed by atoms with Crippen LogP contribution in [-0.4, -0.2) is 18.9 Å². The van der Waals surface area contributed by atoms with Crippen LogP contribution in [0.15, 0.2) is 28.0 Å². The Labute approximate surface area is 75.1 Å². The topological polar surface area (TPSA) is 44.0 Å². The van der Waals surface area contributed by atoms with Crippen LogP contribution in [0.4, 0.5) is 0 Å². The van der Waals surface area contributed by atoms with Gasteiger partial charge in [-0.1, -0.05) is 5.16 Å². The van der Waals surface area contributed by atoms with Crippen LogP contribution in [0.2, 0.25) is 0 Å². The smallest absolute Gasteiger partial charge is 0.157 e. The van der Waals surface area contributed by atoms with Crippen molar-refractivity contribution in [1.29, 1.82) is 0 Å². The van der Waals surface area contributed by atoms with Gasteiger partial charge in [0.05, 0.1) is 18.8 Å². The molecule has 0 bridgehead atoms. The number of rotatable bonds is 1. The van der Waals surface area contributed by atoms with Gasteiger partial charge in [-0.05, 0) is 12.1 Å². The predicted molar refractivity (Wildman–Crippen MR) is 44.3 cm³/mol. The summed E-state index contributed by atoms with van der Waals surface area (Å²) in [5.41, 5.74) is 0.968. The Kier molecular flexibility index (Phi) is 1.43. The summed E-state index contributed by atoms with van der Waals surface area (Å²) in [6.07, 6.45) is 1.52. The Morgan fingerprint density at radius 2 is 2.38 bits per heavy atom. The van der Waals surface area contributed by atoms with Gasteiger partial charge in [0, 0.05) is 0 Å². The lowest BCUT2D eigenvalue weighted by atomic mass is 10.0. The summed E-state index contributed by atoms with van der Waals surface area (Å²) in [4.78, 5) is 5.01. The third-order valence-electron chi connectivity index (χ3n) is 2.40. The van der Waals surface area contributed by atoms with Crippen LogP contribution in [0.3, 0.4) is 0 Å². The zero-order valence-electron chi connectivity index (χ0n) is 6.97. The summed E-state index contributed by atoms with van der Waals surface area (Å²) in [5.74, 6) is 1.14. The van der Waals surface area contributed by atoms with Crippen molar-refractivity contribution in [3.8, 4) is 0 Å². The van der Waals surface area contributed by atoms with Crippen molar-refractivity contribution >= 4 is 5.71 Å². The average molecular weight is 179 g/mol. The van der Waals surface area contributed by atoms with E-state index in [1.54, 1.807) is 6.26 Å². The van der Waals surface area contributed by atoms with Crippen LogP contribution in [0.1, 0.15) is 11.9 Å². The van der Waals surface area contributed by atoms with E-state index < -0.39 is 0 Å². The van der Waals surface area contributed by atoms with Crippen molar-refractivity contribution < 1.29 is 14.0 Å². The predicted octanol–water partition coefficient (Wildman–Crippen LogP) is 1.35. The number of hydrogen-bond donors (Lipinski definition) is 0. The van der Waals surface area contributed by atoms with Gasteiger partial charge in [0.2, 0.25) is 0 Å². The van der Waals surface area contributed by atoms with Gasteiger partial charge in [-0.15, -0.1) is 0 Å². The number of furan rings is 1. The average Bonchev–Trinajstić information content (AvgIpc) is 2.79. The molecule has 0 saturated carbocycles. The van der Waals surface area contributed by atoms with Gasteiger partial charge in [0.15, 0.2) is 6.10 Å². The van der Waals surface area contributed by atoms with Crippen LogP contribution < -0.4 is 0 Å². The molecule has 0 unspecified atom stereocenters. The highest BCUT2D eigenvalue weighted by Crippen LogP contribution is 2.33. The maximum Gasteiger partial charge on any atom is 0.157 e. The van der Waals surface area contributed by atoms with Gasteiger partial charge >= 0.3 is 0 Å². The van der Waals surface area contributed by atoms with E-state index in [-0.39, 0.29) is 6.10 Å². The maximum atomic E-state index is 5.56. The van der Waals surface area contributed by atoms with Gasteiger partial charge in [0.25, 0.3) is 0 Å². The molecule has 1 saturated heterocycles. The molecule has 0 radical (unpaired) electrons. The fourth-order valence-corrected chi connectivity index (χ4v) is 1.72. The van der Waals surface area contributed by atoms with Crippen LogP contribution in [0.5, 0.6) is 0 Å². The van der Waals surface area contributed by atoms with E-state index in [1.165, 1.54) is 0 Å². The van der Waals surface area contributed by atoms with E-state index in [0.717, 1.165) is 11.5 Å². The summed E-state index contributed by atoms with van der Waals surface area (Å²) in [7, 11) is 0. The molecule has 4 heteroatoms. The zero-order valence-corrected chi connectivity index (χ0v) is 6.97. The van der Waals surface area contributed by atoms with Crippen molar-refractivity contribution in [3.05, 3.63) is 24.2 Å². The lowest BCUT2D eigenvalue weighted by Gasteiger charge is -2.04. The molecule has 68 valence electrons. The first kappa shape index (κ1) is 7.15. The second-order valence-electron chi connectivity index (χ2n) is 3.24. The first-order valence-electron chi connectivity index (χ1n) is 4.30. The molecule has 1 aromatic heterocycles. The molecular weight excluding hydrogens is 170 g/mol. The van der Waals surface area contributed by atoms with Crippen molar-refractivity contribution in [2.75, 3.05) is 13.2 Å². The molecule has 2 atom stereocenters. The minimum Gasteiger partial charge on any atom is -0.466 e. The normalized spacial score (nSPS) is 31.2. The molecule has 0 aliphatic carbocycles. The summed E-state index contributed by atoms with van der Waals surface area (Å²) < 4.78 is 10.8. The Hall–Kier alpha value is -1.29. The molecule has 3 heterocycles. The van der Waals surface area contributed by atoms with E-state index in [9.17, 15) is 0 Å². The van der Waals surface area contributed by atoms with Gasteiger partial charge in [0.1, 0.15) is 18.1 Å². The Morgan fingerprint density at radius 3 is 3.23 bits per heavy atom. The summed E-state index contributed by atoms with van der Waals surface area (Å²) in [5, 5.41) is 3.97. The highest BCUT2D eigenvalue weighted by molar-refractivity contribution is 5.93. The fourth-order valence-electron chi connectivity index (χ4n) is 1.72. The lowest BCUT2D eigenvalue weighted by Crippen LogP contribution is -2.11. The molecule has 4 nitrogen and oxygen atoms in total. The van der Waals surface area contributed by atoms with Gasteiger partial charge < -0.3 is 14.0 Å². The van der Waals surface area contributed by atoms with E-state index in [4.69, 9.17) is 14.0 Å². The second-order valence-corrected chi connectivity index (χ2v) is 3.24. The number of fused-ring (bicyclic) bond motifs is 1. The summed E-state index contributed by atoms with van der Waals surface area (Å²) >= 11 is 0. The third-order valence-corrected chi connectivity index (χ3v) is 2.40. The number of oxime groups is 1. The summed E-state index contributed by atoms with van der Waals surface area (Å²) in [6, 6.07) is 3.75. The lowest BCUT2D eigenvalue weighted by molar-refractivity contribution is 0.0708. The molecule has 13 heavy (non-hydrogen) atoms. The largest absolute Gasteiger partial charge is 0.466 e. The van der Waals surface area contributed by atoms with Gasteiger partial charge in [-0.25, -0.2) is 0 Å². The quantitative estimate of drug-likeness (QED) is 0.653. The molecule has 2 aliphatic rings. The fraction of sp³-hybridized carbons (Fsp3) is 0.444. The molecule has 0 aromatic carbocycles. The van der Waals surface area contributed by atoms with E-state index >= 15 is 0 Å². The maximum absolute atomic E-state index is 5.56. The van der Waals surface area contributed by atoms with Crippen molar-refractivity contribution in [2.45, 2.75) is 6.10 Å². The first-order valence-corrected chi connectivity index (χ1v) is 4.30. The standard InChI is InChI=1S/C9H9NO3/c1-2-7(11-3-1)9-8-6(4-12-9)5-13-10-8/h1-3,6,9H,4-5H2/t6-,9-/m0/s1. The third kappa shape index (κ3) is 0.986. The zero-order chi connectivity index (χ0) is 8.67. The van der Waals surface area contributed by atoms with E-state index in [1.807, 2.05) is 12.1 Å². The van der Waals surface area contributed by atoms with Crippen molar-refractivity contribution in [3.63, 3.8) is 0 Å². The minimum absolute atomic E-state index is 0.123. The van der Waals surface area contributed by atoms with E-state index in [0.29, 0.717) is 19.1 Å². The van der Waals surface area contributed by atoms with Gasteiger partial charge in [-0.2, -0.15) is 0 Å². The molecule has 0 N–H and O–H groups in total. The van der Waals surface area contributed by atoms with Crippen LogP contribution >= 0.6 is 0 Å². The van der Waals surface area contributed by atoms with Crippen LogP contribution in [0.25, 0.3) is 0 Å². The van der Waals surface area contributed by atoms with Crippen molar-refractivity contribution in [1.82, 2.24) is 0 Å². The van der Waals surface area contributed by atoms with Gasteiger partial charge in [-0.3, -0.25) is 0 Å². The Morgan fingerprint density at radius 1 is 1.38 bits per heavy atom. The first-order chi connectivity index (χ1) is 6.45. The monoisotopic (exact) mass is 179 g/mol. The molecule has 3 rings (SSSR count). The number of ether oxygens (including phenoxy) is 1. The van der Waals surface area contributed by atoms with E-state index in [2.05, 4.69) is 5.16 Å². The number of hydrogen-bond acceptors (Lipinski definition) is 4. The molecule has 1 fully saturated rings. The second kappa shape index (κ2) is 2.60. The molecule has 2 aliphatic heterocycles. The molecule has 1 aromatic rings. The summed E-state index contributed by atoms with van der Waals surface area (Å²) in [6.45, 7) is 1.33. The molecule has 0 spiro atoms. The molecule has 0 amide bonds. The minimum atomic E-state index is -0.123. The van der Waals surface area contributed by atoms with Crippen LogP contribution in [0, 0.1) is 5.92 Å². The Bertz CT molecular complexity index is 331. The molecular formula is C9H9NO3. The SMILES string of the molecule is c1coc([C@@H]2OC[C@H]3CON=C32)c1.